The Bertz CT molecular complexity index is 726. The zero-order chi connectivity index (χ0) is 19.3. The summed E-state index contributed by atoms with van der Waals surface area (Å²) in [6, 6.07) is -0.672. The van der Waals surface area contributed by atoms with E-state index in [1.54, 1.807) is 20.8 Å². The average molecular weight is 402 g/mol. The number of hydrazine groups is 1. The van der Waals surface area contributed by atoms with Crippen molar-refractivity contribution in [3.8, 4) is 0 Å². The van der Waals surface area contributed by atoms with Gasteiger partial charge in [0.15, 0.2) is 4.34 Å². The van der Waals surface area contributed by atoms with Gasteiger partial charge >= 0.3 is 12.1 Å². The van der Waals surface area contributed by atoms with Crippen LogP contribution in [0, 0.1) is 0 Å². The van der Waals surface area contributed by atoms with Crippen LogP contribution in [-0.4, -0.2) is 57.0 Å². The summed E-state index contributed by atoms with van der Waals surface area (Å²) in [6.45, 7) is 5.25. The molecule has 5 amide bonds. The van der Waals surface area contributed by atoms with Gasteiger partial charge in [0.05, 0.1) is 12.4 Å². The van der Waals surface area contributed by atoms with Gasteiger partial charge in [-0.05, 0) is 20.3 Å². The Labute approximate surface area is 157 Å². The first-order valence-electron chi connectivity index (χ1n) is 7.65. The van der Waals surface area contributed by atoms with Crippen LogP contribution in [-0.2, 0) is 14.3 Å². The lowest BCUT2D eigenvalue weighted by Crippen LogP contribution is -2.49. The lowest BCUT2D eigenvalue weighted by Gasteiger charge is -2.19. The van der Waals surface area contributed by atoms with Crippen LogP contribution < -0.4 is 16.1 Å². The first kappa shape index (κ1) is 19.9. The normalized spacial score (nSPS) is 19.3. The Balaban J connectivity index is 1.84. The van der Waals surface area contributed by atoms with Crippen LogP contribution >= 0.6 is 23.1 Å². The summed E-state index contributed by atoms with van der Waals surface area (Å²) < 4.78 is 5.15. The van der Waals surface area contributed by atoms with Crippen LogP contribution in [0.15, 0.2) is 4.34 Å². The molecule has 0 bridgehead atoms. The lowest BCUT2D eigenvalue weighted by molar-refractivity contribution is -0.137. The van der Waals surface area contributed by atoms with Crippen molar-refractivity contribution >= 4 is 52.2 Å². The molecule has 1 aromatic heterocycles. The molecule has 3 N–H and O–H groups in total. The number of hydrogen-bond acceptors (Lipinski definition) is 9. The van der Waals surface area contributed by atoms with Crippen molar-refractivity contribution in [3.05, 3.63) is 0 Å². The van der Waals surface area contributed by atoms with Gasteiger partial charge in [-0.2, -0.15) is 5.01 Å². The predicted octanol–water partition coefficient (Wildman–Crippen LogP) is 0.950. The van der Waals surface area contributed by atoms with E-state index in [1.165, 1.54) is 0 Å². The maximum Gasteiger partial charge on any atom is 0.413 e. The molecule has 1 saturated heterocycles. The number of ether oxygens (including phenoxy) is 1. The van der Waals surface area contributed by atoms with E-state index in [1.807, 2.05) is 0 Å². The van der Waals surface area contributed by atoms with Crippen LogP contribution in [0.4, 0.5) is 14.7 Å². The number of carbonyl (C=O) groups excluding carboxylic acids is 4. The third-order valence-electron chi connectivity index (χ3n) is 3.42. The Hall–Kier alpha value is -2.41. The number of rotatable bonds is 7. The van der Waals surface area contributed by atoms with E-state index >= 15 is 0 Å². The van der Waals surface area contributed by atoms with Crippen LogP contribution in [0.25, 0.3) is 0 Å². The molecule has 13 heteroatoms. The second-order valence-electron chi connectivity index (χ2n) is 5.30. The maximum atomic E-state index is 12.2. The van der Waals surface area contributed by atoms with E-state index in [0.29, 0.717) is 15.8 Å². The van der Waals surface area contributed by atoms with E-state index in [-0.39, 0.29) is 17.5 Å². The van der Waals surface area contributed by atoms with E-state index in [4.69, 9.17) is 4.74 Å². The molecule has 1 fully saturated rings. The van der Waals surface area contributed by atoms with Crippen LogP contribution in [0.3, 0.4) is 0 Å². The molecule has 0 saturated carbocycles. The number of imide groups is 1. The molecule has 0 aromatic carbocycles. The summed E-state index contributed by atoms with van der Waals surface area (Å²) in [5, 5.41) is 13.4. The van der Waals surface area contributed by atoms with E-state index in [2.05, 4.69) is 26.3 Å². The summed E-state index contributed by atoms with van der Waals surface area (Å²) in [7, 11) is 0. The van der Waals surface area contributed by atoms with Crippen molar-refractivity contribution in [2.24, 2.45) is 0 Å². The van der Waals surface area contributed by atoms with Gasteiger partial charge < -0.3 is 10.1 Å². The minimum absolute atomic E-state index is 0.0893. The van der Waals surface area contributed by atoms with Gasteiger partial charge in [0.1, 0.15) is 5.54 Å². The Morgan fingerprint density at radius 2 is 2.08 bits per heavy atom. The van der Waals surface area contributed by atoms with Gasteiger partial charge in [0, 0.05) is 0 Å². The molecule has 0 aliphatic carbocycles. The Kier molecular flexibility index (Phi) is 6.37. The molecule has 1 aliphatic heterocycles. The second-order valence-corrected chi connectivity index (χ2v) is 7.50. The molecule has 1 aliphatic rings. The van der Waals surface area contributed by atoms with Crippen LogP contribution in [0.1, 0.15) is 27.2 Å². The highest BCUT2D eigenvalue weighted by atomic mass is 32.2. The van der Waals surface area contributed by atoms with Gasteiger partial charge in [-0.3, -0.25) is 20.3 Å². The fourth-order valence-electron chi connectivity index (χ4n) is 1.88. The molecule has 142 valence electrons. The maximum absolute atomic E-state index is 12.2. The molecule has 2 rings (SSSR count). The number of thioether (sulfide) groups is 1. The highest BCUT2D eigenvalue weighted by Gasteiger charge is 2.47. The number of carbonyl (C=O) groups is 4. The number of nitrogens with one attached hydrogen (secondary N) is 3. The number of anilines is 1. The molecule has 2 heterocycles. The molecule has 1 atom stereocenters. The van der Waals surface area contributed by atoms with Crippen LogP contribution in [0.2, 0.25) is 0 Å². The van der Waals surface area contributed by atoms with Crippen molar-refractivity contribution in [1.82, 2.24) is 25.9 Å². The van der Waals surface area contributed by atoms with Gasteiger partial charge in [0.25, 0.3) is 5.91 Å². The SMILES string of the molecule is CCOC(=O)Nc1nnc(SCC(=O)NN2C(=O)NC(C)(CC)C2=O)s1. The van der Waals surface area contributed by atoms with Crippen molar-refractivity contribution in [1.29, 1.82) is 0 Å². The van der Waals surface area contributed by atoms with Crippen molar-refractivity contribution in [2.75, 3.05) is 17.7 Å². The predicted molar refractivity (Wildman–Crippen MR) is 93.5 cm³/mol. The molecule has 11 nitrogen and oxygen atoms in total. The fourth-order valence-corrected chi connectivity index (χ4v) is 3.41. The minimum atomic E-state index is -1.02. The van der Waals surface area contributed by atoms with Crippen molar-refractivity contribution in [2.45, 2.75) is 37.1 Å². The number of amides is 5. The number of hydrogen-bond donors (Lipinski definition) is 3. The fraction of sp³-hybridized carbons (Fsp3) is 0.538. The van der Waals surface area contributed by atoms with Crippen molar-refractivity contribution < 1.29 is 23.9 Å². The van der Waals surface area contributed by atoms with Gasteiger partial charge in [-0.25, -0.2) is 9.59 Å². The quantitative estimate of drug-likeness (QED) is 0.347. The summed E-state index contributed by atoms with van der Waals surface area (Å²) in [4.78, 5) is 47.3. The van der Waals surface area contributed by atoms with Crippen molar-refractivity contribution in [3.63, 3.8) is 0 Å². The standard InChI is InChI=1S/C13H18N6O5S2/c1-4-13(3)8(21)19(10(22)15-13)18-7(20)6-25-12-17-16-9(26-12)14-11(23)24-5-2/h4-6H2,1-3H3,(H,15,22)(H,18,20)(H,14,16,23). The highest BCUT2D eigenvalue weighted by molar-refractivity contribution is 8.01. The molecular weight excluding hydrogens is 384 g/mol. The summed E-state index contributed by atoms with van der Waals surface area (Å²) >= 11 is 2.12. The first-order valence-corrected chi connectivity index (χ1v) is 9.45. The molecule has 26 heavy (non-hydrogen) atoms. The van der Waals surface area contributed by atoms with Gasteiger partial charge in [0.2, 0.25) is 11.0 Å². The average Bonchev–Trinajstić information content (AvgIpc) is 3.11. The highest BCUT2D eigenvalue weighted by Crippen LogP contribution is 2.25. The van der Waals surface area contributed by atoms with E-state index in [0.717, 1.165) is 23.1 Å². The second kappa shape index (κ2) is 8.31. The third kappa shape index (κ3) is 4.60. The van der Waals surface area contributed by atoms with Crippen LogP contribution in [0.5, 0.6) is 0 Å². The minimum Gasteiger partial charge on any atom is -0.450 e. The Morgan fingerprint density at radius 1 is 1.35 bits per heavy atom. The third-order valence-corrected chi connectivity index (χ3v) is 5.39. The number of aromatic nitrogens is 2. The van der Waals surface area contributed by atoms with Gasteiger partial charge in [-0.1, -0.05) is 30.0 Å². The monoisotopic (exact) mass is 402 g/mol. The summed E-state index contributed by atoms with van der Waals surface area (Å²) in [5.41, 5.74) is 1.25. The summed E-state index contributed by atoms with van der Waals surface area (Å²) in [6.07, 6.45) is -0.241. The zero-order valence-electron chi connectivity index (χ0n) is 14.3. The molecule has 0 radical (unpaired) electrons. The number of nitrogens with zero attached hydrogens (tertiary/aromatic N) is 3. The number of urea groups is 1. The van der Waals surface area contributed by atoms with Gasteiger partial charge in [-0.15, -0.1) is 10.2 Å². The topological polar surface area (TPSA) is 143 Å². The largest absolute Gasteiger partial charge is 0.450 e. The van der Waals surface area contributed by atoms with E-state index < -0.39 is 29.5 Å². The molecule has 0 spiro atoms. The smallest absolute Gasteiger partial charge is 0.413 e. The molecule has 1 unspecified atom stereocenters. The Morgan fingerprint density at radius 3 is 2.69 bits per heavy atom. The summed E-state index contributed by atoms with van der Waals surface area (Å²) in [5.74, 6) is -1.15. The first-order chi connectivity index (χ1) is 12.3. The molecular formula is C13H18N6O5S2. The lowest BCUT2D eigenvalue weighted by atomic mass is 10.00. The molecule has 1 aromatic rings. The van der Waals surface area contributed by atoms with E-state index in [9.17, 15) is 19.2 Å². The zero-order valence-corrected chi connectivity index (χ0v) is 16.0.